The summed E-state index contributed by atoms with van der Waals surface area (Å²) in [5.41, 5.74) is -0.0608. The van der Waals surface area contributed by atoms with Gasteiger partial charge in [0, 0.05) is 38.3 Å². The Morgan fingerprint density at radius 2 is 1.85 bits per heavy atom. The number of hydrogen-bond acceptors (Lipinski definition) is 3. The van der Waals surface area contributed by atoms with Crippen LogP contribution in [0.15, 0.2) is 24.3 Å². The van der Waals surface area contributed by atoms with Crippen LogP contribution < -0.4 is 10.2 Å². The lowest BCUT2D eigenvalue weighted by Gasteiger charge is -2.37. The highest BCUT2D eigenvalue weighted by molar-refractivity contribution is 5.76. The summed E-state index contributed by atoms with van der Waals surface area (Å²) in [7, 11) is 0. The molecule has 3 rings (SSSR count). The van der Waals surface area contributed by atoms with Gasteiger partial charge < -0.3 is 15.1 Å². The van der Waals surface area contributed by atoms with E-state index >= 15 is 0 Å². The minimum Gasteiger partial charge on any atom is -0.368 e. The Kier molecular flexibility index (Phi) is 6.29. The molecule has 0 aromatic heterocycles. The van der Waals surface area contributed by atoms with Gasteiger partial charge in [0.1, 0.15) is 0 Å². The van der Waals surface area contributed by atoms with E-state index in [9.17, 15) is 18.0 Å². The molecule has 2 aliphatic rings. The number of carbonyl (C=O) groups is 1. The number of alkyl halides is 3. The van der Waals surface area contributed by atoms with Crippen LogP contribution in [0.4, 0.5) is 18.9 Å². The third-order valence-corrected chi connectivity index (χ3v) is 5.86. The molecule has 1 aromatic rings. The zero-order valence-electron chi connectivity index (χ0n) is 15.8. The molecule has 0 bridgehead atoms. The normalized spacial score (nSPS) is 20.6. The van der Waals surface area contributed by atoms with E-state index in [2.05, 4.69) is 12.2 Å². The van der Waals surface area contributed by atoms with Crippen molar-refractivity contribution in [3.63, 3.8) is 0 Å². The van der Waals surface area contributed by atoms with Crippen molar-refractivity contribution in [1.29, 1.82) is 0 Å². The van der Waals surface area contributed by atoms with E-state index in [1.807, 2.05) is 9.80 Å². The number of anilines is 1. The summed E-state index contributed by atoms with van der Waals surface area (Å²) in [6.45, 7) is 6.47. The van der Waals surface area contributed by atoms with E-state index in [0.717, 1.165) is 32.0 Å². The second-order valence-electron chi connectivity index (χ2n) is 7.68. The van der Waals surface area contributed by atoms with Gasteiger partial charge in [-0.1, -0.05) is 13.0 Å². The van der Waals surface area contributed by atoms with Crippen LogP contribution in [0.1, 0.15) is 31.7 Å². The first kappa shape index (κ1) is 20.0. The molecule has 2 aliphatic heterocycles. The van der Waals surface area contributed by atoms with Crippen molar-refractivity contribution >= 4 is 11.6 Å². The Bertz CT molecular complexity index is 636. The number of nitrogens with one attached hydrogen (secondary N) is 1. The van der Waals surface area contributed by atoms with Gasteiger partial charge in [-0.25, -0.2) is 0 Å². The molecule has 7 heteroatoms. The highest BCUT2D eigenvalue weighted by Gasteiger charge is 2.31. The molecule has 4 nitrogen and oxygen atoms in total. The van der Waals surface area contributed by atoms with E-state index in [1.165, 1.54) is 12.1 Å². The monoisotopic (exact) mass is 383 g/mol. The Balaban J connectivity index is 1.52. The van der Waals surface area contributed by atoms with E-state index in [4.69, 9.17) is 0 Å². The number of amides is 1. The summed E-state index contributed by atoms with van der Waals surface area (Å²) in [6.07, 6.45) is -1.53. The molecular formula is C20H28F3N3O. The van der Waals surface area contributed by atoms with Crippen molar-refractivity contribution in [3.05, 3.63) is 29.8 Å². The fourth-order valence-electron chi connectivity index (χ4n) is 4.08. The molecule has 0 spiro atoms. The van der Waals surface area contributed by atoms with Gasteiger partial charge >= 0.3 is 6.18 Å². The zero-order valence-corrected chi connectivity index (χ0v) is 15.8. The van der Waals surface area contributed by atoms with Gasteiger partial charge in [0.05, 0.1) is 5.56 Å². The number of halogens is 3. The lowest BCUT2D eigenvalue weighted by Crippen LogP contribution is -2.49. The van der Waals surface area contributed by atoms with E-state index in [0.29, 0.717) is 50.1 Å². The summed E-state index contributed by atoms with van der Waals surface area (Å²) in [4.78, 5) is 16.4. The fourth-order valence-corrected chi connectivity index (χ4v) is 4.08. The Hall–Kier alpha value is -1.76. The van der Waals surface area contributed by atoms with Crippen LogP contribution in [0.3, 0.4) is 0 Å². The molecule has 2 fully saturated rings. The second-order valence-corrected chi connectivity index (χ2v) is 7.68. The number of nitrogens with zero attached hydrogens (tertiary/aromatic N) is 2. The van der Waals surface area contributed by atoms with Crippen molar-refractivity contribution in [1.82, 2.24) is 10.2 Å². The molecule has 2 saturated heterocycles. The van der Waals surface area contributed by atoms with Crippen LogP contribution in [-0.4, -0.2) is 50.1 Å². The van der Waals surface area contributed by atoms with Crippen LogP contribution >= 0.6 is 0 Å². The van der Waals surface area contributed by atoms with Crippen molar-refractivity contribution < 1.29 is 18.0 Å². The molecule has 1 amide bonds. The van der Waals surface area contributed by atoms with Gasteiger partial charge in [0.2, 0.25) is 5.91 Å². The van der Waals surface area contributed by atoms with Gasteiger partial charge in [-0.15, -0.1) is 0 Å². The van der Waals surface area contributed by atoms with Crippen LogP contribution in [0.25, 0.3) is 0 Å². The maximum absolute atomic E-state index is 12.9. The molecule has 1 aromatic carbocycles. The number of piperidine rings is 1. The summed E-state index contributed by atoms with van der Waals surface area (Å²) in [5.74, 6) is 1.15. The van der Waals surface area contributed by atoms with Gasteiger partial charge in [-0.2, -0.15) is 13.2 Å². The lowest BCUT2D eigenvalue weighted by molar-refractivity contribution is -0.137. The van der Waals surface area contributed by atoms with Crippen molar-refractivity contribution in [2.45, 2.75) is 32.4 Å². The Morgan fingerprint density at radius 3 is 2.48 bits per heavy atom. The molecule has 1 unspecified atom stereocenters. The van der Waals surface area contributed by atoms with Crippen LogP contribution in [0.5, 0.6) is 0 Å². The zero-order chi connectivity index (χ0) is 19.4. The number of carbonyl (C=O) groups excluding carboxylic acids is 1. The first-order valence-corrected chi connectivity index (χ1v) is 9.75. The minimum absolute atomic E-state index is 0.171. The third-order valence-electron chi connectivity index (χ3n) is 5.86. The summed E-state index contributed by atoms with van der Waals surface area (Å²) >= 11 is 0. The molecular weight excluding hydrogens is 355 g/mol. The smallest absolute Gasteiger partial charge is 0.368 e. The number of piperazine rings is 1. The highest BCUT2D eigenvalue weighted by Crippen LogP contribution is 2.32. The van der Waals surface area contributed by atoms with Crippen LogP contribution in [0, 0.1) is 11.8 Å². The second kappa shape index (κ2) is 8.50. The van der Waals surface area contributed by atoms with Gasteiger partial charge in [-0.3, -0.25) is 4.79 Å². The first-order chi connectivity index (χ1) is 12.8. The van der Waals surface area contributed by atoms with Crippen LogP contribution in [0.2, 0.25) is 0 Å². The van der Waals surface area contributed by atoms with Crippen LogP contribution in [-0.2, 0) is 11.0 Å². The van der Waals surface area contributed by atoms with Gasteiger partial charge in [-0.05, 0) is 56.0 Å². The quantitative estimate of drug-likeness (QED) is 0.866. The predicted octanol–water partition coefficient (Wildman–Crippen LogP) is 3.38. The lowest BCUT2D eigenvalue weighted by atomic mass is 9.84. The van der Waals surface area contributed by atoms with E-state index in [-0.39, 0.29) is 5.91 Å². The number of rotatable bonds is 4. The molecule has 0 saturated carbocycles. The topological polar surface area (TPSA) is 35.6 Å². The maximum atomic E-state index is 12.9. The average molecular weight is 383 g/mol. The first-order valence-electron chi connectivity index (χ1n) is 9.75. The molecule has 2 heterocycles. The van der Waals surface area contributed by atoms with Gasteiger partial charge in [0.15, 0.2) is 0 Å². The maximum Gasteiger partial charge on any atom is 0.416 e. The van der Waals surface area contributed by atoms with Crippen molar-refractivity contribution in [2.75, 3.05) is 44.2 Å². The molecule has 1 N–H and O–H groups in total. The highest BCUT2D eigenvalue weighted by atomic mass is 19.4. The fraction of sp³-hybridized carbons (Fsp3) is 0.650. The number of benzene rings is 1. The van der Waals surface area contributed by atoms with Crippen molar-refractivity contribution in [3.8, 4) is 0 Å². The largest absolute Gasteiger partial charge is 0.416 e. The number of hydrogen-bond donors (Lipinski definition) is 1. The minimum atomic E-state index is -4.33. The standard InChI is InChI=1S/C20H28F3N3O/c1-15(16-5-7-24-8-6-16)13-19(27)26-11-9-25(10-12-26)18-4-2-3-17(14-18)20(21,22)23/h2-4,14-16,24H,5-13H2,1H3. The van der Waals surface area contributed by atoms with Crippen molar-refractivity contribution in [2.24, 2.45) is 11.8 Å². The summed E-state index contributed by atoms with van der Waals surface area (Å²) in [6, 6.07) is 5.42. The third kappa shape index (κ3) is 5.15. The SMILES string of the molecule is CC(CC(=O)N1CCN(c2cccc(C(F)(F)F)c2)CC1)C1CCNCC1. The summed E-state index contributed by atoms with van der Waals surface area (Å²) < 4.78 is 38.7. The summed E-state index contributed by atoms with van der Waals surface area (Å²) in [5, 5.41) is 3.35. The Morgan fingerprint density at radius 1 is 1.19 bits per heavy atom. The molecule has 150 valence electrons. The Labute approximate surface area is 158 Å². The van der Waals surface area contributed by atoms with E-state index in [1.54, 1.807) is 6.07 Å². The molecule has 1 atom stereocenters. The average Bonchev–Trinajstić information content (AvgIpc) is 2.68. The van der Waals surface area contributed by atoms with E-state index < -0.39 is 11.7 Å². The predicted molar refractivity (Wildman–Crippen MR) is 99.6 cm³/mol. The molecule has 27 heavy (non-hydrogen) atoms. The van der Waals surface area contributed by atoms with Gasteiger partial charge in [0.25, 0.3) is 0 Å². The molecule has 0 radical (unpaired) electrons. The molecule has 0 aliphatic carbocycles.